The van der Waals surface area contributed by atoms with E-state index in [1.54, 1.807) is 0 Å². The normalized spacial score (nSPS) is 20.6. The molecule has 38 heavy (non-hydrogen) atoms. The van der Waals surface area contributed by atoms with E-state index >= 15 is 0 Å². The highest BCUT2D eigenvalue weighted by Gasteiger charge is 2.27. The summed E-state index contributed by atoms with van der Waals surface area (Å²) in [5.74, 6) is -0.111. The summed E-state index contributed by atoms with van der Waals surface area (Å²) in [6, 6.07) is 8.31. The standard InChI is InChI=1S/C32H42N4O2/c1-22-23(2)34-36(24(22)3)30-8-4-6-28(18-30)29(19-32(37)38)21-35-17-15-26(20-35)10-9-25-11-13-27-7-5-16-33-31(27)14-12-25/h4,6,8,11-13,18,26,29,33H,5,7,9-10,14-17,19-21H2,1-3H3,(H,37,38)/t26-,29?/m1/s1. The summed E-state index contributed by atoms with van der Waals surface area (Å²) >= 11 is 0. The Labute approximate surface area is 227 Å². The highest BCUT2D eigenvalue weighted by Crippen LogP contribution is 2.30. The Hall–Kier alpha value is -3.12. The van der Waals surface area contributed by atoms with Crippen LogP contribution in [0, 0.1) is 26.7 Å². The zero-order valence-corrected chi connectivity index (χ0v) is 23.2. The second-order valence-corrected chi connectivity index (χ2v) is 11.4. The van der Waals surface area contributed by atoms with Gasteiger partial charge in [-0.3, -0.25) is 4.79 Å². The van der Waals surface area contributed by atoms with E-state index in [1.807, 2.05) is 17.7 Å². The second-order valence-electron chi connectivity index (χ2n) is 11.4. The molecule has 0 radical (unpaired) electrons. The van der Waals surface area contributed by atoms with Crippen molar-refractivity contribution in [1.82, 2.24) is 20.0 Å². The summed E-state index contributed by atoms with van der Waals surface area (Å²) in [5, 5.41) is 18.0. The van der Waals surface area contributed by atoms with E-state index in [0.717, 1.165) is 61.7 Å². The molecule has 0 saturated carbocycles. The molecule has 1 saturated heterocycles. The van der Waals surface area contributed by atoms with Crippen molar-refractivity contribution in [1.29, 1.82) is 0 Å². The van der Waals surface area contributed by atoms with Crippen LogP contribution in [0.5, 0.6) is 0 Å². The predicted molar refractivity (Wildman–Crippen MR) is 153 cm³/mol. The number of nitrogens with one attached hydrogen (secondary N) is 1. The molecule has 2 atom stereocenters. The Morgan fingerprint density at radius 3 is 2.89 bits per heavy atom. The van der Waals surface area contributed by atoms with Crippen molar-refractivity contribution in [2.75, 3.05) is 26.2 Å². The largest absolute Gasteiger partial charge is 0.481 e. The molecule has 6 heteroatoms. The Balaban J connectivity index is 1.20. The van der Waals surface area contributed by atoms with Gasteiger partial charge in [-0.2, -0.15) is 5.10 Å². The first-order chi connectivity index (χ1) is 18.4. The molecule has 1 unspecified atom stereocenters. The van der Waals surface area contributed by atoms with Crippen molar-refractivity contribution in [2.24, 2.45) is 5.92 Å². The lowest BCUT2D eigenvalue weighted by atomic mass is 9.94. The number of carboxylic acid groups (broad SMARTS) is 1. The van der Waals surface area contributed by atoms with E-state index in [0.29, 0.717) is 5.92 Å². The van der Waals surface area contributed by atoms with Crippen molar-refractivity contribution in [2.45, 2.75) is 71.6 Å². The minimum absolute atomic E-state index is 0.0401. The molecular formula is C32H42N4O2. The minimum Gasteiger partial charge on any atom is -0.481 e. The lowest BCUT2D eigenvalue weighted by Crippen LogP contribution is -2.28. The third-order valence-corrected chi connectivity index (χ3v) is 8.77. The third-order valence-electron chi connectivity index (χ3n) is 8.77. The number of carbonyl (C=O) groups is 1. The van der Waals surface area contributed by atoms with Crippen LogP contribution in [0.3, 0.4) is 0 Å². The average molecular weight is 515 g/mol. The number of benzene rings is 1. The van der Waals surface area contributed by atoms with Crippen LogP contribution >= 0.6 is 0 Å². The van der Waals surface area contributed by atoms with Crippen molar-refractivity contribution in [3.8, 4) is 5.69 Å². The van der Waals surface area contributed by atoms with E-state index in [4.69, 9.17) is 5.10 Å². The van der Waals surface area contributed by atoms with Gasteiger partial charge in [0.25, 0.3) is 0 Å². The van der Waals surface area contributed by atoms with Gasteiger partial charge < -0.3 is 15.3 Å². The molecule has 1 aromatic heterocycles. The van der Waals surface area contributed by atoms with Crippen LogP contribution in [0.4, 0.5) is 0 Å². The SMILES string of the molecule is Cc1nn(-c2cccc(C(CC(=O)O)CN3CC[C@@H](CCC4=CCC5=C(C=C4)CCCN5)C3)c2)c(C)c1C. The number of rotatable bonds is 9. The van der Waals surface area contributed by atoms with Crippen molar-refractivity contribution < 1.29 is 9.90 Å². The van der Waals surface area contributed by atoms with E-state index in [1.165, 1.54) is 48.1 Å². The van der Waals surface area contributed by atoms with Crippen LogP contribution in [-0.2, 0) is 4.79 Å². The fourth-order valence-electron chi connectivity index (χ4n) is 6.24. The number of hydrogen-bond acceptors (Lipinski definition) is 4. The molecule has 3 aliphatic rings. The smallest absolute Gasteiger partial charge is 0.304 e. The fraction of sp³-hybridized carbons (Fsp3) is 0.500. The number of nitrogens with zero attached hydrogens (tertiary/aromatic N) is 3. The molecule has 0 bridgehead atoms. The lowest BCUT2D eigenvalue weighted by molar-refractivity contribution is -0.137. The summed E-state index contributed by atoms with van der Waals surface area (Å²) in [5.41, 5.74) is 9.79. The lowest BCUT2D eigenvalue weighted by Gasteiger charge is -2.24. The van der Waals surface area contributed by atoms with Crippen LogP contribution in [-0.4, -0.2) is 51.9 Å². The molecule has 202 valence electrons. The summed E-state index contributed by atoms with van der Waals surface area (Å²) in [6.07, 6.45) is 14.2. The van der Waals surface area contributed by atoms with Gasteiger partial charge >= 0.3 is 5.97 Å². The highest BCUT2D eigenvalue weighted by atomic mass is 16.4. The minimum atomic E-state index is -0.740. The van der Waals surface area contributed by atoms with Gasteiger partial charge in [-0.05, 0) is 94.2 Å². The zero-order valence-electron chi connectivity index (χ0n) is 23.2. The molecule has 5 rings (SSSR count). The van der Waals surface area contributed by atoms with Gasteiger partial charge in [0.15, 0.2) is 0 Å². The van der Waals surface area contributed by atoms with Crippen molar-refractivity contribution in [3.63, 3.8) is 0 Å². The molecule has 1 fully saturated rings. The summed E-state index contributed by atoms with van der Waals surface area (Å²) in [4.78, 5) is 14.3. The maximum atomic E-state index is 11.8. The Bertz CT molecular complexity index is 1270. The number of hydrogen-bond donors (Lipinski definition) is 2. The predicted octanol–water partition coefficient (Wildman–Crippen LogP) is 5.98. The van der Waals surface area contributed by atoms with Crippen LogP contribution in [0.25, 0.3) is 5.69 Å². The molecule has 2 N–H and O–H groups in total. The van der Waals surface area contributed by atoms with Crippen molar-refractivity contribution >= 4 is 5.97 Å². The van der Waals surface area contributed by atoms with Crippen LogP contribution in [0.2, 0.25) is 0 Å². The van der Waals surface area contributed by atoms with E-state index in [2.05, 4.69) is 60.5 Å². The summed E-state index contributed by atoms with van der Waals surface area (Å²) in [6.45, 7) is 10.2. The Morgan fingerprint density at radius 1 is 1.24 bits per heavy atom. The first-order valence-electron chi connectivity index (χ1n) is 14.3. The first-order valence-corrected chi connectivity index (χ1v) is 14.3. The monoisotopic (exact) mass is 514 g/mol. The van der Waals surface area contributed by atoms with Gasteiger partial charge in [0.1, 0.15) is 0 Å². The van der Waals surface area contributed by atoms with Gasteiger partial charge in [-0.25, -0.2) is 4.68 Å². The number of carboxylic acids is 1. The molecule has 2 aromatic rings. The maximum Gasteiger partial charge on any atom is 0.304 e. The third kappa shape index (κ3) is 6.12. The van der Waals surface area contributed by atoms with E-state index in [-0.39, 0.29) is 12.3 Å². The van der Waals surface area contributed by atoms with E-state index in [9.17, 15) is 9.90 Å². The average Bonchev–Trinajstić information content (AvgIpc) is 3.39. The Morgan fingerprint density at radius 2 is 2.11 bits per heavy atom. The van der Waals surface area contributed by atoms with Crippen molar-refractivity contribution in [3.05, 3.63) is 81.9 Å². The number of allylic oxidation sites excluding steroid dienone is 5. The van der Waals surface area contributed by atoms with Gasteiger partial charge in [0.2, 0.25) is 0 Å². The molecule has 1 aliphatic carbocycles. The topological polar surface area (TPSA) is 70.4 Å². The second kappa shape index (κ2) is 11.7. The van der Waals surface area contributed by atoms with Gasteiger partial charge in [0.05, 0.1) is 17.8 Å². The highest BCUT2D eigenvalue weighted by molar-refractivity contribution is 5.68. The summed E-state index contributed by atoms with van der Waals surface area (Å²) < 4.78 is 1.98. The summed E-state index contributed by atoms with van der Waals surface area (Å²) in [7, 11) is 0. The zero-order chi connectivity index (χ0) is 26.6. The number of likely N-dealkylation sites (tertiary alicyclic amines) is 1. The van der Waals surface area contributed by atoms with E-state index < -0.39 is 5.97 Å². The maximum absolute atomic E-state index is 11.8. The molecule has 0 spiro atoms. The number of aryl methyl sites for hydroxylation is 1. The Kier molecular flexibility index (Phi) is 8.18. The number of aromatic nitrogens is 2. The van der Waals surface area contributed by atoms with Gasteiger partial charge in [-0.1, -0.05) is 35.9 Å². The van der Waals surface area contributed by atoms with Crippen LogP contribution in [0.1, 0.15) is 73.4 Å². The fourth-order valence-corrected chi connectivity index (χ4v) is 6.24. The quantitative estimate of drug-likeness (QED) is 0.431. The molecule has 6 nitrogen and oxygen atoms in total. The molecule has 1 aromatic carbocycles. The van der Waals surface area contributed by atoms with Gasteiger partial charge in [0, 0.05) is 43.4 Å². The van der Waals surface area contributed by atoms with Gasteiger partial charge in [-0.15, -0.1) is 0 Å². The molecule has 3 heterocycles. The molecule has 2 aliphatic heterocycles. The molecule has 0 amide bonds. The van der Waals surface area contributed by atoms with Crippen LogP contribution in [0.15, 0.2) is 59.3 Å². The molecular weight excluding hydrogens is 472 g/mol. The van der Waals surface area contributed by atoms with Crippen LogP contribution < -0.4 is 5.32 Å². The number of aliphatic carboxylic acids is 1. The first kappa shape index (κ1) is 26.5.